The number of ketones is 1. The first-order valence-electron chi connectivity index (χ1n) is 11.9. The number of benzene rings is 2. The van der Waals surface area contributed by atoms with Gasteiger partial charge in [0.25, 0.3) is 5.91 Å². The SMILES string of the molecule is CC(C)=N.CC(Cc1cc(C(=O)N[C@@H](C)c2ccccc2)ccc1F)C(=O)CC(C)(C)C(C)C. The summed E-state index contributed by atoms with van der Waals surface area (Å²) in [7, 11) is 0. The van der Waals surface area contributed by atoms with E-state index in [9.17, 15) is 14.0 Å². The number of Topliss-reactive ketones (excluding diaryl/α,β-unsaturated/α-hetero) is 1. The fourth-order valence-electron chi connectivity index (χ4n) is 3.25. The van der Waals surface area contributed by atoms with E-state index in [-0.39, 0.29) is 41.3 Å². The van der Waals surface area contributed by atoms with E-state index in [4.69, 9.17) is 5.41 Å². The van der Waals surface area contributed by atoms with Crippen molar-refractivity contribution in [2.75, 3.05) is 0 Å². The molecule has 2 aromatic carbocycles. The number of hydrogen-bond donors (Lipinski definition) is 2. The Bertz CT molecular complexity index is 963. The van der Waals surface area contributed by atoms with E-state index in [0.29, 0.717) is 29.2 Å². The van der Waals surface area contributed by atoms with E-state index in [2.05, 4.69) is 33.0 Å². The first-order chi connectivity index (χ1) is 15.7. The molecular formula is C29H41FN2O2. The lowest BCUT2D eigenvalue weighted by Gasteiger charge is -2.29. The topological polar surface area (TPSA) is 70.0 Å². The number of nitrogens with one attached hydrogen (secondary N) is 2. The summed E-state index contributed by atoms with van der Waals surface area (Å²) in [4.78, 5) is 25.4. The molecule has 0 fully saturated rings. The predicted molar refractivity (Wildman–Crippen MR) is 139 cm³/mol. The van der Waals surface area contributed by atoms with Crippen LogP contribution in [0.4, 0.5) is 4.39 Å². The molecule has 0 bridgehead atoms. The van der Waals surface area contributed by atoms with Gasteiger partial charge in [-0.15, -0.1) is 0 Å². The van der Waals surface area contributed by atoms with Gasteiger partial charge < -0.3 is 10.7 Å². The second kappa shape index (κ2) is 13.2. The van der Waals surface area contributed by atoms with Gasteiger partial charge in [0.1, 0.15) is 11.6 Å². The van der Waals surface area contributed by atoms with E-state index in [1.807, 2.05) is 44.2 Å². The zero-order chi connectivity index (χ0) is 26.1. The Hall–Kier alpha value is -2.82. The van der Waals surface area contributed by atoms with E-state index < -0.39 is 0 Å². The fourth-order valence-corrected chi connectivity index (χ4v) is 3.25. The van der Waals surface area contributed by atoms with E-state index in [1.165, 1.54) is 12.1 Å². The highest BCUT2D eigenvalue weighted by molar-refractivity contribution is 5.94. The molecule has 0 aromatic heterocycles. The molecule has 0 aliphatic heterocycles. The lowest BCUT2D eigenvalue weighted by atomic mass is 9.75. The molecule has 186 valence electrons. The van der Waals surface area contributed by atoms with Crippen molar-refractivity contribution in [1.29, 1.82) is 5.41 Å². The van der Waals surface area contributed by atoms with Gasteiger partial charge in [-0.05, 0) is 67.9 Å². The summed E-state index contributed by atoms with van der Waals surface area (Å²) in [5, 5.41) is 9.45. The van der Waals surface area contributed by atoms with Gasteiger partial charge in [-0.1, -0.05) is 65.0 Å². The molecule has 2 atom stereocenters. The highest BCUT2D eigenvalue weighted by atomic mass is 19.1. The smallest absolute Gasteiger partial charge is 0.251 e. The molecule has 1 unspecified atom stereocenters. The van der Waals surface area contributed by atoms with Gasteiger partial charge in [-0.3, -0.25) is 9.59 Å². The van der Waals surface area contributed by atoms with Crippen LogP contribution in [-0.2, 0) is 11.2 Å². The molecular weight excluding hydrogens is 427 g/mol. The minimum absolute atomic E-state index is 0.0980. The molecule has 0 radical (unpaired) electrons. The number of halogens is 1. The van der Waals surface area contributed by atoms with Crippen LogP contribution in [0, 0.1) is 28.5 Å². The first kappa shape index (κ1) is 29.2. The Morgan fingerprint density at radius 2 is 1.56 bits per heavy atom. The molecule has 0 saturated heterocycles. The molecule has 34 heavy (non-hydrogen) atoms. The third kappa shape index (κ3) is 9.58. The van der Waals surface area contributed by atoms with Gasteiger partial charge in [-0.25, -0.2) is 4.39 Å². The van der Waals surface area contributed by atoms with E-state index in [1.54, 1.807) is 19.9 Å². The van der Waals surface area contributed by atoms with Crippen molar-refractivity contribution in [2.45, 2.75) is 74.3 Å². The molecule has 0 heterocycles. The predicted octanol–water partition coefficient (Wildman–Crippen LogP) is 7.18. The molecule has 1 amide bonds. The van der Waals surface area contributed by atoms with E-state index in [0.717, 1.165) is 5.56 Å². The van der Waals surface area contributed by atoms with Crippen molar-refractivity contribution in [3.8, 4) is 0 Å². The van der Waals surface area contributed by atoms with Crippen molar-refractivity contribution < 1.29 is 14.0 Å². The monoisotopic (exact) mass is 468 g/mol. The molecule has 4 nitrogen and oxygen atoms in total. The van der Waals surface area contributed by atoms with E-state index >= 15 is 0 Å². The first-order valence-corrected chi connectivity index (χ1v) is 11.9. The van der Waals surface area contributed by atoms with Crippen molar-refractivity contribution >= 4 is 17.4 Å². The average Bonchev–Trinajstić information content (AvgIpc) is 2.74. The maximum absolute atomic E-state index is 14.4. The number of carbonyl (C=O) groups excluding carboxylic acids is 2. The van der Waals surface area contributed by atoms with Gasteiger partial charge in [0.2, 0.25) is 0 Å². The maximum Gasteiger partial charge on any atom is 0.251 e. The molecule has 0 spiro atoms. The van der Waals surface area contributed by atoms with Crippen LogP contribution in [0.3, 0.4) is 0 Å². The summed E-state index contributed by atoms with van der Waals surface area (Å²) in [6.45, 7) is 15.6. The molecule has 2 N–H and O–H groups in total. The van der Waals surface area contributed by atoms with Gasteiger partial charge in [0, 0.05) is 23.6 Å². The third-order valence-electron chi connectivity index (χ3n) is 6.22. The number of rotatable bonds is 9. The van der Waals surface area contributed by atoms with Crippen LogP contribution in [0.5, 0.6) is 0 Å². The third-order valence-corrected chi connectivity index (χ3v) is 6.22. The van der Waals surface area contributed by atoms with Crippen molar-refractivity contribution in [1.82, 2.24) is 5.32 Å². The summed E-state index contributed by atoms with van der Waals surface area (Å²) < 4.78 is 14.4. The van der Waals surface area contributed by atoms with Crippen molar-refractivity contribution in [3.05, 3.63) is 71.0 Å². The van der Waals surface area contributed by atoms with Crippen LogP contribution >= 0.6 is 0 Å². The molecule has 2 rings (SSSR count). The minimum atomic E-state index is -0.384. The Labute approximate surface area is 204 Å². The fraction of sp³-hybridized carbons (Fsp3) is 0.483. The van der Waals surface area contributed by atoms with Crippen LogP contribution in [0.1, 0.15) is 89.3 Å². The summed E-state index contributed by atoms with van der Waals surface area (Å²) in [6.07, 6.45) is 0.746. The lowest BCUT2D eigenvalue weighted by Crippen LogP contribution is -2.28. The Kier molecular flexibility index (Phi) is 11.3. The molecule has 0 saturated carbocycles. The van der Waals surface area contributed by atoms with Crippen LogP contribution < -0.4 is 5.32 Å². The normalized spacial score (nSPS) is 12.9. The number of carbonyl (C=O) groups is 2. The molecule has 2 aromatic rings. The summed E-state index contributed by atoms with van der Waals surface area (Å²) >= 11 is 0. The summed E-state index contributed by atoms with van der Waals surface area (Å²) in [5.41, 5.74) is 2.37. The zero-order valence-electron chi connectivity index (χ0n) is 22.0. The van der Waals surface area contributed by atoms with Crippen LogP contribution in [0.2, 0.25) is 0 Å². The summed E-state index contributed by atoms with van der Waals surface area (Å²) in [5.74, 6) is -0.443. The Morgan fingerprint density at radius 1 is 1.00 bits per heavy atom. The van der Waals surface area contributed by atoms with Gasteiger partial charge in [0.15, 0.2) is 0 Å². The van der Waals surface area contributed by atoms with Crippen LogP contribution in [-0.4, -0.2) is 17.4 Å². The highest BCUT2D eigenvalue weighted by Crippen LogP contribution is 2.32. The number of amides is 1. The molecule has 5 heteroatoms. The summed E-state index contributed by atoms with van der Waals surface area (Å²) in [6, 6.07) is 13.9. The zero-order valence-corrected chi connectivity index (χ0v) is 22.0. The van der Waals surface area contributed by atoms with Gasteiger partial charge in [-0.2, -0.15) is 0 Å². The van der Waals surface area contributed by atoms with Crippen LogP contribution in [0.25, 0.3) is 0 Å². The lowest BCUT2D eigenvalue weighted by molar-refractivity contribution is -0.124. The van der Waals surface area contributed by atoms with Crippen LogP contribution in [0.15, 0.2) is 48.5 Å². The van der Waals surface area contributed by atoms with Crippen molar-refractivity contribution in [3.63, 3.8) is 0 Å². The standard InChI is InChI=1S/C26H34FNO2.C3H7N/c1-17(2)26(5,6)16-24(29)18(3)14-22-15-21(12-13-23(22)27)25(30)28-19(4)20-10-8-7-9-11-20;1-3(2)4/h7-13,15,17-19H,14,16H2,1-6H3,(H,28,30);4H,1-2H3/t18?,19-;/m0./s1. The second-order valence-electron chi connectivity index (χ2n) is 10.3. The number of hydrogen-bond acceptors (Lipinski definition) is 3. The van der Waals surface area contributed by atoms with Crippen molar-refractivity contribution in [2.24, 2.45) is 17.3 Å². The average molecular weight is 469 g/mol. The maximum atomic E-state index is 14.4. The minimum Gasteiger partial charge on any atom is -0.346 e. The van der Waals surface area contributed by atoms with Gasteiger partial charge in [0.05, 0.1) is 6.04 Å². The van der Waals surface area contributed by atoms with Gasteiger partial charge >= 0.3 is 0 Å². The molecule has 0 aliphatic rings. The molecule has 0 aliphatic carbocycles. The Morgan fingerprint density at radius 3 is 2.09 bits per heavy atom. The highest BCUT2D eigenvalue weighted by Gasteiger charge is 2.28. The quantitative estimate of drug-likeness (QED) is 0.383. The Balaban J connectivity index is 0.00000133. The largest absolute Gasteiger partial charge is 0.346 e. The second-order valence-corrected chi connectivity index (χ2v) is 10.3.